The molecule has 1 aromatic carbocycles. The van der Waals surface area contributed by atoms with Crippen LogP contribution in [0.15, 0.2) is 36.4 Å². The van der Waals surface area contributed by atoms with E-state index in [9.17, 15) is 13.6 Å². The molecule has 0 spiro atoms. The van der Waals surface area contributed by atoms with Crippen molar-refractivity contribution in [2.75, 3.05) is 0 Å². The average molecular weight is 281 g/mol. The third-order valence-electron chi connectivity index (χ3n) is 2.96. The summed E-state index contributed by atoms with van der Waals surface area (Å²) in [6.07, 6.45) is -1.93. The Labute approximate surface area is 119 Å². The van der Waals surface area contributed by atoms with Crippen LogP contribution in [0.1, 0.15) is 33.3 Å². The highest BCUT2D eigenvalue weighted by Gasteiger charge is 2.25. The molecule has 1 aromatic rings. The third-order valence-corrected chi connectivity index (χ3v) is 2.96. The zero-order valence-corrected chi connectivity index (χ0v) is 12.3. The predicted molar refractivity (Wildman–Crippen MR) is 77.5 cm³/mol. The van der Waals surface area contributed by atoms with Gasteiger partial charge in [0.15, 0.2) is 0 Å². The molecule has 110 valence electrons. The lowest BCUT2D eigenvalue weighted by atomic mass is 10.0. The molecular weight excluding hydrogens is 260 g/mol. The van der Waals surface area contributed by atoms with Gasteiger partial charge in [-0.15, -0.1) is 0 Å². The van der Waals surface area contributed by atoms with Gasteiger partial charge in [0.25, 0.3) is 12.3 Å². The van der Waals surface area contributed by atoms with Crippen LogP contribution in [0.5, 0.6) is 0 Å². The summed E-state index contributed by atoms with van der Waals surface area (Å²) in [5.74, 6) is -0.360. The van der Waals surface area contributed by atoms with Crippen LogP contribution in [0.25, 0.3) is 5.57 Å². The molecule has 0 unspecified atom stereocenters. The molecule has 0 heterocycles. The lowest BCUT2D eigenvalue weighted by Gasteiger charge is -2.31. The van der Waals surface area contributed by atoms with Crippen molar-refractivity contribution in [1.82, 2.24) is 4.90 Å². The molecule has 0 bridgehead atoms. The molecule has 0 atom stereocenters. The Kier molecular flexibility index (Phi) is 5.86. The fourth-order valence-electron chi connectivity index (χ4n) is 2.24. The smallest absolute Gasteiger partial charge is 0.258 e. The summed E-state index contributed by atoms with van der Waals surface area (Å²) in [6, 6.07) is 8.50. The van der Waals surface area contributed by atoms with Crippen molar-refractivity contribution in [3.8, 4) is 0 Å². The summed E-state index contributed by atoms with van der Waals surface area (Å²) in [5, 5.41) is 0. The van der Waals surface area contributed by atoms with Gasteiger partial charge in [-0.25, -0.2) is 8.78 Å². The molecule has 0 aliphatic carbocycles. The van der Waals surface area contributed by atoms with Crippen LogP contribution in [0.4, 0.5) is 8.78 Å². The fourth-order valence-corrected chi connectivity index (χ4v) is 2.24. The van der Waals surface area contributed by atoms with Crippen LogP contribution in [0.3, 0.4) is 0 Å². The Morgan fingerprint density at radius 2 is 1.55 bits per heavy atom. The van der Waals surface area contributed by atoms with Gasteiger partial charge in [-0.1, -0.05) is 30.3 Å². The van der Waals surface area contributed by atoms with Gasteiger partial charge in [0.1, 0.15) is 0 Å². The van der Waals surface area contributed by atoms with Crippen molar-refractivity contribution < 1.29 is 13.6 Å². The number of nitrogens with zero attached hydrogens (tertiary/aromatic N) is 1. The molecule has 20 heavy (non-hydrogen) atoms. The van der Waals surface area contributed by atoms with Crippen molar-refractivity contribution in [1.29, 1.82) is 0 Å². The summed E-state index contributed by atoms with van der Waals surface area (Å²) in [6.45, 7) is 7.51. The Bertz CT molecular complexity index is 459. The Balaban J connectivity index is 3.22. The highest BCUT2D eigenvalue weighted by Crippen LogP contribution is 2.21. The molecule has 0 N–H and O–H groups in total. The van der Waals surface area contributed by atoms with Gasteiger partial charge in [-0.05, 0) is 39.3 Å². The van der Waals surface area contributed by atoms with E-state index in [0.717, 1.165) is 6.08 Å². The molecule has 0 aromatic heterocycles. The van der Waals surface area contributed by atoms with Crippen LogP contribution in [0.2, 0.25) is 0 Å². The van der Waals surface area contributed by atoms with Crippen molar-refractivity contribution in [2.24, 2.45) is 0 Å². The molecule has 1 rings (SSSR count). The molecule has 0 aliphatic rings. The van der Waals surface area contributed by atoms with E-state index in [1.165, 1.54) is 0 Å². The molecule has 0 radical (unpaired) electrons. The van der Waals surface area contributed by atoms with E-state index in [0.29, 0.717) is 5.56 Å². The van der Waals surface area contributed by atoms with Gasteiger partial charge >= 0.3 is 0 Å². The second-order valence-electron chi connectivity index (χ2n) is 5.18. The second kappa shape index (κ2) is 7.17. The van der Waals surface area contributed by atoms with Gasteiger partial charge in [0, 0.05) is 17.7 Å². The summed E-state index contributed by atoms with van der Waals surface area (Å²) < 4.78 is 25.5. The third kappa shape index (κ3) is 4.15. The van der Waals surface area contributed by atoms with Crippen LogP contribution in [0, 0.1) is 0 Å². The molecule has 0 aliphatic heterocycles. The van der Waals surface area contributed by atoms with E-state index in [4.69, 9.17) is 0 Å². The van der Waals surface area contributed by atoms with Crippen LogP contribution >= 0.6 is 0 Å². The lowest BCUT2D eigenvalue weighted by molar-refractivity contribution is -0.128. The molecule has 0 saturated carbocycles. The first-order valence-electron chi connectivity index (χ1n) is 6.72. The number of halogens is 2. The zero-order chi connectivity index (χ0) is 15.3. The number of carbonyl (C=O) groups excluding carboxylic acids is 1. The van der Waals surface area contributed by atoms with Crippen LogP contribution in [-0.4, -0.2) is 29.3 Å². The number of benzene rings is 1. The Morgan fingerprint density at radius 1 is 1.05 bits per heavy atom. The molecule has 0 saturated heterocycles. The summed E-state index contributed by atoms with van der Waals surface area (Å²) >= 11 is 0. The number of allylic oxidation sites excluding steroid dienone is 1. The van der Waals surface area contributed by atoms with E-state index < -0.39 is 6.43 Å². The van der Waals surface area contributed by atoms with Crippen molar-refractivity contribution in [3.63, 3.8) is 0 Å². The van der Waals surface area contributed by atoms with E-state index in [1.54, 1.807) is 35.2 Å². The standard InChI is InChI=1S/C16H21F2NO/c1-11(2)19(12(3)4)16(20)14(10-15(17)18)13-8-6-5-7-9-13/h5-12,15H,1-4H3/b14-10-. The average Bonchev–Trinajstić information content (AvgIpc) is 2.35. The number of hydrogen-bond donors (Lipinski definition) is 0. The highest BCUT2D eigenvalue weighted by atomic mass is 19.3. The van der Waals surface area contributed by atoms with E-state index in [-0.39, 0.29) is 23.6 Å². The zero-order valence-electron chi connectivity index (χ0n) is 12.3. The first kappa shape index (κ1) is 16.3. The first-order chi connectivity index (χ1) is 9.34. The fraction of sp³-hybridized carbons (Fsp3) is 0.438. The Hall–Kier alpha value is -1.71. The van der Waals surface area contributed by atoms with E-state index >= 15 is 0 Å². The summed E-state index contributed by atoms with van der Waals surface area (Å²) in [5.41, 5.74) is 0.576. The highest BCUT2D eigenvalue weighted by molar-refractivity contribution is 6.19. The SMILES string of the molecule is CC(C)N(C(=O)/C(=C\C(F)F)c1ccccc1)C(C)C. The van der Waals surface area contributed by atoms with Crippen LogP contribution < -0.4 is 0 Å². The molecule has 0 fully saturated rings. The number of amides is 1. The normalized spacial score (nSPS) is 12.3. The van der Waals surface area contributed by atoms with Gasteiger partial charge in [0.05, 0.1) is 0 Å². The van der Waals surface area contributed by atoms with Crippen molar-refractivity contribution >= 4 is 11.5 Å². The first-order valence-corrected chi connectivity index (χ1v) is 6.72. The van der Waals surface area contributed by atoms with Crippen molar-refractivity contribution in [3.05, 3.63) is 42.0 Å². The number of rotatable bonds is 5. The maximum Gasteiger partial charge on any atom is 0.258 e. The molecular formula is C16H21F2NO. The van der Waals surface area contributed by atoms with Crippen molar-refractivity contribution in [2.45, 2.75) is 46.2 Å². The molecule has 4 heteroatoms. The quantitative estimate of drug-likeness (QED) is 0.748. The maximum atomic E-state index is 12.7. The van der Waals surface area contributed by atoms with Gasteiger partial charge < -0.3 is 4.90 Å². The minimum atomic E-state index is -2.66. The largest absolute Gasteiger partial charge is 0.334 e. The monoisotopic (exact) mass is 281 g/mol. The van der Waals surface area contributed by atoms with Gasteiger partial charge in [-0.3, -0.25) is 4.79 Å². The lowest BCUT2D eigenvalue weighted by Crippen LogP contribution is -2.42. The summed E-state index contributed by atoms with van der Waals surface area (Å²) in [4.78, 5) is 14.2. The number of carbonyl (C=O) groups is 1. The molecule has 2 nitrogen and oxygen atoms in total. The second-order valence-corrected chi connectivity index (χ2v) is 5.18. The summed E-state index contributed by atoms with van der Waals surface area (Å²) in [7, 11) is 0. The minimum absolute atomic E-state index is 0.0488. The molecule has 1 amide bonds. The minimum Gasteiger partial charge on any atom is -0.334 e. The van der Waals surface area contributed by atoms with Crippen LogP contribution in [-0.2, 0) is 4.79 Å². The van der Waals surface area contributed by atoms with Gasteiger partial charge in [0.2, 0.25) is 0 Å². The number of alkyl halides is 2. The predicted octanol–water partition coefficient (Wildman–Crippen LogP) is 3.98. The Morgan fingerprint density at radius 3 is 1.95 bits per heavy atom. The van der Waals surface area contributed by atoms with E-state index in [2.05, 4.69) is 0 Å². The maximum absolute atomic E-state index is 12.7. The number of hydrogen-bond acceptors (Lipinski definition) is 1. The van der Waals surface area contributed by atoms with E-state index in [1.807, 2.05) is 27.7 Å². The topological polar surface area (TPSA) is 20.3 Å². The van der Waals surface area contributed by atoms with Gasteiger partial charge in [-0.2, -0.15) is 0 Å².